The zero-order valence-corrected chi connectivity index (χ0v) is 9.85. The molecule has 88 valence electrons. The summed E-state index contributed by atoms with van der Waals surface area (Å²) in [7, 11) is 0. The standard InChI is InChI=1S/C11H19N5/c1-8(2)6-16(9-3-4-9)11-5-10(15-12)13-7-14-11/h5,7-9H,3-4,6,12H2,1-2H3,(H,13,14,15). The molecule has 5 heteroatoms. The van der Waals surface area contributed by atoms with Crippen LogP contribution in [0.25, 0.3) is 0 Å². The van der Waals surface area contributed by atoms with E-state index >= 15 is 0 Å². The third kappa shape index (κ3) is 2.61. The number of nitrogens with zero attached hydrogens (tertiary/aromatic N) is 3. The van der Waals surface area contributed by atoms with E-state index in [9.17, 15) is 0 Å². The minimum Gasteiger partial charge on any atom is -0.353 e. The third-order valence-corrected chi connectivity index (χ3v) is 2.64. The molecule has 3 N–H and O–H groups in total. The molecule has 0 unspecified atom stereocenters. The predicted molar refractivity (Wildman–Crippen MR) is 65.0 cm³/mol. The van der Waals surface area contributed by atoms with Crippen LogP contribution in [0.4, 0.5) is 11.6 Å². The maximum absolute atomic E-state index is 5.35. The summed E-state index contributed by atoms with van der Waals surface area (Å²) < 4.78 is 0. The second kappa shape index (κ2) is 4.65. The van der Waals surface area contributed by atoms with E-state index < -0.39 is 0 Å². The van der Waals surface area contributed by atoms with Crippen LogP contribution in [0.3, 0.4) is 0 Å². The van der Waals surface area contributed by atoms with Gasteiger partial charge in [0.1, 0.15) is 18.0 Å². The van der Waals surface area contributed by atoms with E-state index in [1.807, 2.05) is 6.07 Å². The maximum atomic E-state index is 5.35. The van der Waals surface area contributed by atoms with Crippen molar-refractivity contribution in [2.45, 2.75) is 32.7 Å². The molecule has 0 saturated heterocycles. The molecule has 1 heterocycles. The Morgan fingerprint density at radius 2 is 2.25 bits per heavy atom. The molecule has 0 aromatic carbocycles. The van der Waals surface area contributed by atoms with Crippen LogP contribution in [0.2, 0.25) is 0 Å². The van der Waals surface area contributed by atoms with Gasteiger partial charge in [0.25, 0.3) is 0 Å². The first-order valence-electron chi connectivity index (χ1n) is 5.76. The molecule has 1 fully saturated rings. The molecule has 2 rings (SSSR count). The van der Waals surface area contributed by atoms with E-state index in [2.05, 4.69) is 34.1 Å². The summed E-state index contributed by atoms with van der Waals surface area (Å²) in [6.07, 6.45) is 4.09. The lowest BCUT2D eigenvalue weighted by Gasteiger charge is -2.25. The van der Waals surface area contributed by atoms with Crippen molar-refractivity contribution in [3.05, 3.63) is 12.4 Å². The zero-order valence-electron chi connectivity index (χ0n) is 9.85. The lowest BCUT2D eigenvalue weighted by Crippen LogP contribution is -2.30. The fourth-order valence-electron chi connectivity index (χ4n) is 1.79. The number of anilines is 2. The van der Waals surface area contributed by atoms with E-state index in [1.54, 1.807) is 6.33 Å². The van der Waals surface area contributed by atoms with Crippen LogP contribution in [-0.4, -0.2) is 22.6 Å². The highest BCUT2D eigenvalue weighted by Gasteiger charge is 2.30. The van der Waals surface area contributed by atoms with Crippen LogP contribution < -0.4 is 16.2 Å². The van der Waals surface area contributed by atoms with Crippen LogP contribution in [0.15, 0.2) is 12.4 Å². The van der Waals surface area contributed by atoms with E-state index in [-0.39, 0.29) is 0 Å². The molecule has 1 aromatic heterocycles. The van der Waals surface area contributed by atoms with E-state index in [0.717, 1.165) is 12.4 Å². The van der Waals surface area contributed by atoms with Crippen molar-refractivity contribution >= 4 is 11.6 Å². The SMILES string of the molecule is CC(C)CN(c1cc(NN)ncn1)C1CC1. The van der Waals surface area contributed by atoms with Gasteiger partial charge in [-0.1, -0.05) is 13.8 Å². The summed E-state index contributed by atoms with van der Waals surface area (Å²) in [5.74, 6) is 7.62. The number of nitrogens with two attached hydrogens (primary N) is 1. The molecule has 1 aliphatic carbocycles. The van der Waals surface area contributed by atoms with Gasteiger partial charge in [-0.05, 0) is 18.8 Å². The topological polar surface area (TPSA) is 67.1 Å². The molecule has 16 heavy (non-hydrogen) atoms. The fourth-order valence-corrected chi connectivity index (χ4v) is 1.79. The first kappa shape index (κ1) is 11.1. The average molecular weight is 221 g/mol. The zero-order chi connectivity index (χ0) is 11.5. The summed E-state index contributed by atoms with van der Waals surface area (Å²) in [5, 5.41) is 0. The number of aromatic nitrogens is 2. The molecule has 1 saturated carbocycles. The van der Waals surface area contributed by atoms with Crippen LogP contribution in [0, 0.1) is 5.92 Å². The van der Waals surface area contributed by atoms with E-state index in [0.29, 0.717) is 17.8 Å². The average Bonchev–Trinajstić information content (AvgIpc) is 3.09. The number of hydrazine groups is 1. The van der Waals surface area contributed by atoms with Gasteiger partial charge in [0.15, 0.2) is 0 Å². The van der Waals surface area contributed by atoms with Gasteiger partial charge in [-0.15, -0.1) is 0 Å². The lowest BCUT2D eigenvalue weighted by molar-refractivity contribution is 0.602. The Balaban J connectivity index is 2.16. The number of hydrogen-bond acceptors (Lipinski definition) is 5. The van der Waals surface area contributed by atoms with Crippen molar-refractivity contribution in [1.82, 2.24) is 9.97 Å². The molecule has 0 aliphatic heterocycles. The quantitative estimate of drug-likeness (QED) is 0.581. The Kier molecular flexibility index (Phi) is 3.24. The third-order valence-electron chi connectivity index (χ3n) is 2.64. The van der Waals surface area contributed by atoms with E-state index in [1.165, 1.54) is 12.8 Å². The van der Waals surface area contributed by atoms with Gasteiger partial charge in [0.2, 0.25) is 0 Å². The summed E-state index contributed by atoms with van der Waals surface area (Å²) in [6.45, 7) is 5.48. The van der Waals surface area contributed by atoms with Crippen molar-refractivity contribution in [2.24, 2.45) is 11.8 Å². The van der Waals surface area contributed by atoms with Crippen LogP contribution in [0.1, 0.15) is 26.7 Å². The Morgan fingerprint density at radius 3 is 2.81 bits per heavy atom. The predicted octanol–water partition coefficient (Wildman–Crippen LogP) is 1.39. The number of nitrogen functional groups attached to an aromatic ring is 1. The van der Waals surface area contributed by atoms with Crippen LogP contribution in [0.5, 0.6) is 0 Å². The number of nitrogens with one attached hydrogen (secondary N) is 1. The number of hydrogen-bond donors (Lipinski definition) is 2. The van der Waals surface area contributed by atoms with Crippen molar-refractivity contribution in [2.75, 3.05) is 16.9 Å². The summed E-state index contributed by atoms with van der Waals surface area (Å²) in [4.78, 5) is 10.7. The van der Waals surface area contributed by atoms with Gasteiger partial charge in [-0.2, -0.15) is 0 Å². The van der Waals surface area contributed by atoms with Crippen LogP contribution in [-0.2, 0) is 0 Å². The van der Waals surface area contributed by atoms with Crippen molar-refractivity contribution in [1.29, 1.82) is 0 Å². The number of rotatable bonds is 5. The van der Waals surface area contributed by atoms with Gasteiger partial charge in [0.05, 0.1) is 0 Å². The van der Waals surface area contributed by atoms with Crippen molar-refractivity contribution in [3.8, 4) is 0 Å². The minimum atomic E-state index is 0.629. The highest BCUT2D eigenvalue weighted by atomic mass is 15.3. The Bertz CT molecular complexity index is 348. The summed E-state index contributed by atoms with van der Waals surface area (Å²) in [5.41, 5.74) is 2.56. The molecule has 5 nitrogen and oxygen atoms in total. The molecule has 0 amide bonds. The molecule has 1 aromatic rings. The normalized spacial score (nSPS) is 15.2. The molecule has 0 atom stereocenters. The summed E-state index contributed by atoms with van der Waals surface area (Å²) >= 11 is 0. The monoisotopic (exact) mass is 221 g/mol. The van der Waals surface area contributed by atoms with Gasteiger partial charge in [-0.25, -0.2) is 15.8 Å². The molecular weight excluding hydrogens is 202 g/mol. The smallest absolute Gasteiger partial charge is 0.145 e. The first-order chi connectivity index (χ1) is 7.70. The summed E-state index contributed by atoms with van der Waals surface area (Å²) in [6, 6.07) is 2.56. The Morgan fingerprint density at radius 1 is 1.50 bits per heavy atom. The molecular formula is C11H19N5. The molecule has 1 aliphatic rings. The fraction of sp³-hybridized carbons (Fsp3) is 0.636. The maximum Gasteiger partial charge on any atom is 0.145 e. The second-order valence-corrected chi connectivity index (χ2v) is 4.68. The van der Waals surface area contributed by atoms with Gasteiger partial charge in [-0.3, -0.25) is 0 Å². The highest BCUT2D eigenvalue weighted by molar-refractivity contribution is 5.49. The van der Waals surface area contributed by atoms with Crippen molar-refractivity contribution in [3.63, 3.8) is 0 Å². The van der Waals surface area contributed by atoms with E-state index in [4.69, 9.17) is 5.84 Å². The largest absolute Gasteiger partial charge is 0.353 e. The van der Waals surface area contributed by atoms with Gasteiger partial charge >= 0.3 is 0 Å². The van der Waals surface area contributed by atoms with Crippen molar-refractivity contribution < 1.29 is 0 Å². The van der Waals surface area contributed by atoms with Gasteiger partial charge < -0.3 is 10.3 Å². The Labute approximate surface area is 96.0 Å². The highest BCUT2D eigenvalue weighted by Crippen LogP contribution is 2.31. The minimum absolute atomic E-state index is 0.629. The lowest BCUT2D eigenvalue weighted by atomic mass is 10.2. The molecule has 0 radical (unpaired) electrons. The second-order valence-electron chi connectivity index (χ2n) is 4.68. The molecule has 0 spiro atoms. The first-order valence-corrected chi connectivity index (χ1v) is 5.76. The molecule has 0 bridgehead atoms. The van der Waals surface area contributed by atoms with Gasteiger partial charge in [0, 0.05) is 18.7 Å². The Hall–Kier alpha value is -1.36. The van der Waals surface area contributed by atoms with Crippen LogP contribution >= 0.6 is 0 Å².